The van der Waals surface area contributed by atoms with Crippen molar-refractivity contribution in [3.8, 4) is 0 Å². The van der Waals surface area contributed by atoms with E-state index in [0.29, 0.717) is 0 Å². The lowest BCUT2D eigenvalue weighted by atomic mass is 10.3. The third kappa shape index (κ3) is 7.32. The maximum absolute atomic E-state index is 2.16. The Kier molecular flexibility index (Phi) is 13.2. The zero-order valence-corrected chi connectivity index (χ0v) is 15.0. The van der Waals surface area contributed by atoms with Crippen LogP contribution in [0.25, 0.3) is 0 Å². The van der Waals surface area contributed by atoms with E-state index in [-0.39, 0.29) is 71.9 Å². The molecule has 0 unspecified atom stereocenters. The van der Waals surface area contributed by atoms with Crippen molar-refractivity contribution >= 4 is 77.6 Å². The average Bonchev–Trinajstić information content (AvgIpc) is 1.88. The zero-order chi connectivity index (χ0) is 7.61. The first kappa shape index (κ1) is 19.9. The summed E-state index contributed by atoms with van der Waals surface area (Å²) in [4.78, 5) is 0. The number of rotatable bonds is 1. The molecule has 0 bridgehead atoms. The van der Waals surface area contributed by atoms with Crippen LogP contribution in [0.15, 0.2) is 30.3 Å². The summed E-state index contributed by atoms with van der Waals surface area (Å²) in [5, 5.41) is 0. The number of hydrogen-bond donors (Lipinski definition) is 0. The van der Waals surface area contributed by atoms with Gasteiger partial charge >= 0.3 is 0 Å². The van der Waals surface area contributed by atoms with Gasteiger partial charge in [-0.25, -0.2) is 0 Å². The molecule has 1 rings (SSSR count). The molecule has 0 N–H and O–H groups in total. The monoisotopic (exact) mass is 520 g/mol. The number of nitrogens with zero attached hydrogens (tertiary/aromatic N) is 1. The van der Waals surface area contributed by atoms with Crippen molar-refractivity contribution in [1.82, 2.24) is 4.48 Å². The Hall–Kier alpha value is 1.37. The molecule has 1 aromatic carbocycles. The van der Waals surface area contributed by atoms with E-state index in [1.165, 1.54) is 5.69 Å². The van der Waals surface area contributed by atoms with Crippen LogP contribution in [0.1, 0.15) is 0 Å². The van der Waals surface area contributed by atoms with E-state index < -0.39 is 0 Å². The van der Waals surface area contributed by atoms with Gasteiger partial charge in [0.15, 0.2) is 0 Å². The number of hydrogen-bond acceptors (Lipinski definition) is 0. The Bertz CT molecular complexity index is 206. The highest BCUT2D eigenvalue weighted by Gasteiger charge is 2.08. The Morgan fingerprint density at radius 2 is 1.15 bits per heavy atom. The molecule has 0 amide bonds. The lowest BCUT2D eigenvalue weighted by Crippen LogP contribution is -2.34. The fourth-order valence-corrected chi connectivity index (χ4v) is 0.875. The van der Waals surface area contributed by atoms with E-state index in [9.17, 15) is 0 Å². The lowest BCUT2D eigenvalue weighted by molar-refractivity contribution is 0.486. The predicted molar refractivity (Wildman–Crippen MR) is 92.3 cm³/mol. The van der Waals surface area contributed by atoms with Gasteiger partial charge in [0.1, 0.15) is 5.69 Å². The Morgan fingerprint density at radius 1 is 0.769 bits per heavy atom. The van der Waals surface area contributed by atoms with Crippen molar-refractivity contribution in [2.24, 2.45) is 0 Å². The van der Waals surface area contributed by atoms with Crippen LogP contribution in [-0.2, 0) is 0 Å². The van der Waals surface area contributed by atoms with Gasteiger partial charge < -0.3 is 0 Å². The summed E-state index contributed by atoms with van der Waals surface area (Å²) in [6.07, 6.45) is 0. The van der Waals surface area contributed by atoms with E-state index in [1.54, 1.807) is 0 Å². The minimum absolute atomic E-state index is 0. The molecule has 0 fully saturated rings. The summed E-state index contributed by atoms with van der Waals surface area (Å²) in [7, 11) is 6.49. The van der Waals surface area contributed by atoms with Gasteiger partial charge in [-0.3, -0.25) is 4.48 Å². The van der Waals surface area contributed by atoms with Crippen LogP contribution in [0.2, 0.25) is 0 Å². The predicted octanol–water partition coefficient (Wildman–Crippen LogP) is 3.74. The molecule has 0 saturated heterocycles. The molecule has 0 saturated carbocycles. The molecule has 4 heteroatoms. The van der Waals surface area contributed by atoms with Crippen molar-refractivity contribution in [1.29, 1.82) is 0 Å². The van der Waals surface area contributed by atoms with Gasteiger partial charge in [0.2, 0.25) is 0 Å². The molecule has 13 heavy (non-hydrogen) atoms. The molecule has 78 valence electrons. The van der Waals surface area contributed by atoms with Crippen molar-refractivity contribution in [2.45, 2.75) is 0 Å². The molecule has 0 aliphatic carbocycles. The number of benzene rings is 1. The molecule has 0 aromatic heterocycles. The van der Waals surface area contributed by atoms with E-state index in [4.69, 9.17) is 0 Å². The van der Waals surface area contributed by atoms with Crippen molar-refractivity contribution in [3.05, 3.63) is 30.3 Å². The van der Waals surface area contributed by atoms with Crippen LogP contribution in [0, 0.1) is 0 Å². The molecule has 0 radical (unpaired) electrons. The molecule has 1 aromatic rings. The quantitative estimate of drug-likeness (QED) is 0.392. The Morgan fingerprint density at radius 3 is 1.38 bits per heavy atom. The third-order valence-electron chi connectivity index (χ3n) is 1.53. The average molecular weight is 520 g/mol. The SMILES string of the molecule is C[N+](C)(C)c1ccccc1.I.I.I. The normalized spacial score (nSPS) is 8.85. The van der Waals surface area contributed by atoms with Gasteiger partial charge in [-0.1, -0.05) is 18.2 Å². The van der Waals surface area contributed by atoms with Gasteiger partial charge in [0.25, 0.3) is 0 Å². The Balaban J connectivity index is -0.000000333. The second-order valence-electron chi connectivity index (χ2n) is 3.35. The highest BCUT2D eigenvalue weighted by molar-refractivity contribution is 14.0. The molecular weight excluding hydrogens is 503 g/mol. The van der Waals surface area contributed by atoms with Gasteiger partial charge in [-0.2, -0.15) is 0 Å². The smallest absolute Gasteiger partial charge is 0.132 e. The summed E-state index contributed by atoms with van der Waals surface area (Å²) in [5.74, 6) is 0. The fraction of sp³-hybridized carbons (Fsp3) is 0.333. The summed E-state index contributed by atoms with van der Waals surface area (Å²) < 4.78 is 0.890. The molecule has 0 aliphatic rings. The Labute approximate surface area is 132 Å². The van der Waals surface area contributed by atoms with Crippen LogP contribution >= 0.6 is 71.9 Å². The van der Waals surface area contributed by atoms with Crippen LogP contribution < -0.4 is 4.48 Å². The van der Waals surface area contributed by atoms with Gasteiger partial charge in [-0.15, -0.1) is 71.9 Å². The van der Waals surface area contributed by atoms with E-state index in [0.717, 1.165) is 4.48 Å². The minimum Gasteiger partial charge on any atom is -0.298 e. The molecule has 0 spiro atoms. The topological polar surface area (TPSA) is 0 Å². The van der Waals surface area contributed by atoms with E-state index >= 15 is 0 Å². The molecule has 0 aliphatic heterocycles. The maximum atomic E-state index is 2.16. The number of quaternary nitrogens is 1. The minimum atomic E-state index is 0. The summed E-state index contributed by atoms with van der Waals surface area (Å²) in [6.45, 7) is 0. The fourth-order valence-electron chi connectivity index (χ4n) is 0.875. The van der Waals surface area contributed by atoms with Gasteiger partial charge in [0, 0.05) is 0 Å². The maximum Gasteiger partial charge on any atom is 0.132 e. The van der Waals surface area contributed by atoms with Crippen molar-refractivity contribution in [2.75, 3.05) is 21.1 Å². The van der Waals surface area contributed by atoms with Crippen molar-refractivity contribution < 1.29 is 0 Å². The number of para-hydroxylation sites is 1. The molecule has 1 nitrogen and oxygen atoms in total. The second-order valence-corrected chi connectivity index (χ2v) is 3.35. The standard InChI is InChI=1S/C9H14N.3HI/c1-10(2,3)9-7-5-4-6-8-9;;;/h4-8H,1-3H3;3*1H/q+1;;;. The van der Waals surface area contributed by atoms with Gasteiger partial charge in [0.05, 0.1) is 21.1 Å². The summed E-state index contributed by atoms with van der Waals surface area (Å²) >= 11 is 0. The number of halogens is 3. The van der Waals surface area contributed by atoms with Crippen molar-refractivity contribution in [3.63, 3.8) is 0 Å². The first-order chi connectivity index (χ1) is 4.61. The lowest BCUT2D eigenvalue weighted by Gasteiger charge is -2.22. The highest BCUT2D eigenvalue weighted by atomic mass is 127. The molecule has 0 atom stereocenters. The largest absolute Gasteiger partial charge is 0.298 e. The van der Waals surface area contributed by atoms with Crippen LogP contribution in [0.4, 0.5) is 5.69 Å². The third-order valence-corrected chi connectivity index (χ3v) is 1.53. The molecular formula is C9H17I3N+. The molecule has 0 heterocycles. The van der Waals surface area contributed by atoms with E-state index in [2.05, 4.69) is 45.4 Å². The van der Waals surface area contributed by atoms with Crippen LogP contribution in [-0.4, -0.2) is 21.1 Å². The first-order valence-corrected chi connectivity index (χ1v) is 3.48. The second kappa shape index (κ2) is 8.66. The highest BCUT2D eigenvalue weighted by Crippen LogP contribution is 2.14. The van der Waals surface area contributed by atoms with E-state index in [1.807, 2.05) is 6.07 Å². The van der Waals surface area contributed by atoms with Crippen LogP contribution in [0.3, 0.4) is 0 Å². The summed E-state index contributed by atoms with van der Waals surface area (Å²) in [5.41, 5.74) is 1.34. The first-order valence-electron chi connectivity index (χ1n) is 3.48. The van der Waals surface area contributed by atoms with Gasteiger partial charge in [-0.05, 0) is 12.1 Å². The van der Waals surface area contributed by atoms with Crippen LogP contribution in [0.5, 0.6) is 0 Å². The summed E-state index contributed by atoms with van der Waals surface area (Å²) in [6, 6.07) is 10.5. The zero-order valence-electron chi connectivity index (χ0n) is 8.06.